The number of halogens is 1. The van der Waals surface area contributed by atoms with Crippen molar-refractivity contribution in [3.05, 3.63) is 46.1 Å². The van der Waals surface area contributed by atoms with Gasteiger partial charge < -0.3 is 9.72 Å². The van der Waals surface area contributed by atoms with E-state index in [1.165, 1.54) is 0 Å². The Morgan fingerprint density at radius 3 is 2.76 bits per heavy atom. The van der Waals surface area contributed by atoms with Crippen LogP contribution in [-0.4, -0.2) is 17.1 Å². The third-order valence-corrected chi connectivity index (χ3v) is 4.21. The lowest BCUT2D eigenvalue weighted by molar-refractivity contribution is 0.396. The van der Waals surface area contributed by atoms with Crippen LogP contribution in [0, 0.1) is 18.3 Å². The number of aryl methyl sites for hydroxylation is 1. The van der Waals surface area contributed by atoms with Gasteiger partial charge in [0.2, 0.25) is 5.88 Å². The minimum absolute atomic E-state index is 0.490. The molecule has 0 spiro atoms. The van der Waals surface area contributed by atoms with Gasteiger partial charge in [0, 0.05) is 17.1 Å². The van der Waals surface area contributed by atoms with Gasteiger partial charge in [0.05, 0.1) is 23.9 Å². The number of H-pyrrole nitrogens is 1. The lowest BCUT2D eigenvalue weighted by Gasteiger charge is -2.03. The number of benzene rings is 1. The largest absolute Gasteiger partial charge is 0.480 e. The standard InChI is InChI=1S/C16H12BrN3O/c1-9-5-3-4-6-10(9)14-11(7-18)12-8-19-16(21-2)13(17)15(12)20-14/h3-6,8,20H,1-2H3. The molecule has 1 aromatic carbocycles. The predicted octanol–water partition coefficient (Wildman–Crippen LogP) is 4.18. The van der Waals surface area contributed by atoms with E-state index in [-0.39, 0.29) is 0 Å². The van der Waals surface area contributed by atoms with Gasteiger partial charge in [-0.25, -0.2) is 4.98 Å². The highest BCUT2D eigenvalue weighted by atomic mass is 79.9. The van der Waals surface area contributed by atoms with Crippen molar-refractivity contribution in [2.24, 2.45) is 0 Å². The zero-order chi connectivity index (χ0) is 15.0. The van der Waals surface area contributed by atoms with Gasteiger partial charge in [-0.05, 0) is 28.4 Å². The van der Waals surface area contributed by atoms with Crippen LogP contribution in [-0.2, 0) is 0 Å². The van der Waals surface area contributed by atoms with Crippen LogP contribution in [0.25, 0.3) is 22.2 Å². The lowest BCUT2D eigenvalue weighted by Crippen LogP contribution is -1.88. The number of hydrogen-bond donors (Lipinski definition) is 1. The molecular formula is C16H12BrN3O. The zero-order valence-electron chi connectivity index (χ0n) is 11.6. The smallest absolute Gasteiger partial charge is 0.229 e. The van der Waals surface area contributed by atoms with Gasteiger partial charge in [0.1, 0.15) is 10.5 Å². The Kier molecular flexibility index (Phi) is 3.40. The van der Waals surface area contributed by atoms with E-state index in [1.54, 1.807) is 13.3 Å². The first-order chi connectivity index (χ1) is 10.2. The third-order valence-electron chi connectivity index (χ3n) is 3.48. The van der Waals surface area contributed by atoms with Gasteiger partial charge in [-0.2, -0.15) is 5.26 Å². The number of rotatable bonds is 2. The molecule has 0 fully saturated rings. The van der Waals surface area contributed by atoms with E-state index in [1.807, 2.05) is 31.2 Å². The van der Waals surface area contributed by atoms with Gasteiger partial charge in [0.25, 0.3) is 0 Å². The number of fused-ring (bicyclic) bond motifs is 1. The summed E-state index contributed by atoms with van der Waals surface area (Å²) in [4.78, 5) is 7.55. The zero-order valence-corrected chi connectivity index (χ0v) is 13.2. The molecule has 104 valence electrons. The number of methoxy groups -OCH3 is 1. The summed E-state index contributed by atoms with van der Waals surface area (Å²) in [6.45, 7) is 2.02. The second kappa shape index (κ2) is 5.23. The van der Waals surface area contributed by atoms with Gasteiger partial charge >= 0.3 is 0 Å². The average Bonchev–Trinajstić information content (AvgIpc) is 2.87. The molecule has 0 atom stereocenters. The van der Waals surface area contributed by atoms with Crippen molar-refractivity contribution in [1.82, 2.24) is 9.97 Å². The summed E-state index contributed by atoms with van der Waals surface area (Å²) in [5.74, 6) is 0.490. The van der Waals surface area contributed by atoms with Crippen molar-refractivity contribution < 1.29 is 4.74 Å². The Labute approximate surface area is 130 Å². The molecule has 2 heterocycles. The van der Waals surface area contributed by atoms with Crippen molar-refractivity contribution in [3.63, 3.8) is 0 Å². The third kappa shape index (κ3) is 2.08. The summed E-state index contributed by atoms with van der Waals surface area (Å²) in [6.07, 6.45) is 1.66. The normalized spacial score (nSPS) is 10.6. The molecule has 2 aromatic heterocycles. The first-order valence-electron chi connectivity index (χ1n) is 6.37. The molecule has 0 amide bonds. The van der Waals surface area contributed by atoms with E-state index < -0.39 is 0 Å². The SMILES string of the molecule is COc1ncc2c(C#N)c(-c3ccccc3C)[nH]c2c1Br. The van der Waals surface area contributed by atoms with Crippen molar-refractivity contribution in [2.75, 3.05) is 7.11 Å². The number of hydrogen-bond acceptors (Lipinski definition) is 3. The molecule has 0 unspecified atom stereocenters. The fourth-order valence-electron chi connectivity index (χ4n) is 2.42. The molecule has 21 heavy (non-hydrogen) atoms. The maximum Gasteiger partial charge on any atom is 0.229 e. The van der Waals surface area contributed by atoms with Crippen LogP contribution in [0.4, 0.5) is 0 Å². The highest BCUT2D eigenvalue weighted by Crippen LogP contribution is 2.37. The average molecular weight is 342 g/mol. The van der Waals surface area contributed by atoms with Crippen molar-refractivity contribution in [3.8, 4) is 23.2 Å². The second-order valence-electron chi connectivity index (χ2n) is 4.67. The van der Waals surface area contributed by atoms with Crippen molar-refractivity contribution in [1.29, 1.82) is 5.26 Å². The highest BCUT2D eigenvalue weighted by Gasteiger charge is 2.18. The van der Waals surface area contributed by atoms with Crippen molar-refractivity contribution >= 4 is 26.8 Å². The van der Waals surface area contributed by atoms with E-state index in [4.69, 9.17) is 4.74 Å². The number of nitriles is 1. The Bertz CT molecular complexity index is 877. The van der Waals surface area contributed by atoms with Gasteiger partial charge in [-0.15, -0.1) is 0 Å². The maximum atomic E-state index is 9.53. The number of nitrogens with zero attached hydrogens (tertiary/aromatic N) is 2. The molecule has 5 heteroatoms. The highest BCUT2D eigenvalue weighted by molar-refractivity contribution is 9.10. The molecule has 0 aliphatic rings. The number of ether oxygens (including phenoxy) is 1. The number of aromatic nitrogens is 2. The summed E-state index contributed by atoms with van der Waals surface area (Å²) in [6, 6.07) is 10.2. The topological polar surface area (TPSA) is 61.7 Å². The molecule has 4 nitrogen and oxygen atoms in total. The van der Waals surface area contributed by atoms with E-state index in [9.17, 15) is 5.26 Å². The Morgan fingerprint density at radius 2 is 2.10 bits per heavy atom. The number of pyridine rings is 1. The molecular weight excluding hydrogens is 330 g/mol. The Hall–Kier alpha value is -2.32. The van der Waals surface area contributed by atoms with Crippen LogP contribution in [0.3, 0.4) is 0 Å². The van der Waals surface area contributed by atoms with Crippen LogP contribution >= 0.6 is 15.9 Å². The van der Waals surface area contributed by atoms with Gasteiger partial charge in [-0.3, -0.25) is 0 Å². The summed E-state index contributed by atoms with van der Waals surface area (Å²) in [5.41, 5.74) is 4.33. The molecule has 0 aliphatic carbocycles. The van der Waals surface area contributed by atoms with E-state index in [0.29, 0.717) is 11.4 Å². The van der Waals surface area contributed by atoms with Crippen LogP contribution in [0.2, 0.25) is 0 Å². The summed E-state index contributed by atoms with van der Waals surface area (Å²) in [5, 5.41) is 10.3. The minimum Gasteiger partial charge on any atom is -0.480 e. The number of nitrogens with one attached hydrogen (secondary N) is 1. The van der Waals surface area contributed by atoms with Gasteiger partial charge in [-0.1, -0.05) is 24.3 Å². The quantitative estimate of drug-likeness (QED) is 0.760. The molecule has 0 radical (unpaired) electrons. The molecule has 0 aliphatic heterocycles. The number of aromatic amines is 1. The van der Waals surface area contributed by atoms with Crippen LogP contribution in [0.1, 0.15) is 11.1 Å². The first-order valence-corrected chi connectivity index (χ1v) is 7.17. The monoisotopic (exact) mass is 341 g/mol. The predicted molar refractivity (Wildman–Crippen MR) is 85.2 cm³/mol. The lowest BCUT2D eigenvalue weighted by atomic mass is 10.0. The maximum absolute atomic E-state index is 9.53. The van der Waals surface area contributed by atoms with E-state index >= 15 is 0 Å². The second-order valence-corrected chi connectivity index (χ2v) is 5.46. The molecule has 3 aromatic rings. The Morgan fingerprint density at radius 1 is 1.33 bits per heavy atom. The van der Waals surface area contributed by atoms with Gasteiger partial charge in [0.15, 0.2) is 0 Å². The molecule has 1 N–H and O–H groups in total. The summed E-state index contributed by atoms with van der Waals surface area (Å²) in [7, 11) is 1.56. The summed E-state index contributed by atoms with van der Waals surface area (Å²) < 4.78 is 5.93. The first kappa shape index (κ1) is 13.7. The minimum atomic E-state index is 0.490. The molecule has 0 saturated heterocycles. The molecule has 3 rings (SSSR count). The Balaban J connectivity index is 2.37. The van der Waals surface area contributed by atoms with Crippen LogP contribution in [0.5, 0.6) is 5.88 Å². The van der Waals surface area contributed by atoms with Crippen LogP contribution < -0.4 is 4.74 Å². The summed E-state index contributed by atoms with van der Waals surface area (Å²) >= 11 is 3.48. The van der Waals surface area contributed by atoms with E-state index in [2.05, 4.69) is 32.0 Å². The fraction of sp³-hybridized carbons (Fsp3) is 0.125. The van der Waals surface area contributed by atoms with Crippen molar-refractivity contribution in [2.45, 2.75) is 6.92 Å². The molecule has 0 saturated carbocycles. The van der Waals surface area contributed by atoms with Crippen LogP contribution in [0.15, 0.2) is 34.9 Å². The molecule has 0 bridgehead atoms. The van der Waals surface area contributed by atoms with E-state index in [0.717, 1.165) is 32.2 Å². The fourth-order valence-corrected chi connectivity index (χ4v) is 2.99.